The minimum Gasteiger partial charge on any atom is -0.489 e. The number of fused-ring (bicyclic) bond motifs is 1. The summed E-state index contributed by atoms with van der Waals surface area (Å²) in [5, 5.41) is 14.8. The van der Waals surface area contributed by atoms with Crippen molar-refractivity contribution in [3.05, 3.63) is 148 Å². The van der Waals surface area contributed by atoms with Crippen molar-refractivity contribution < 1.29 is 9.53 Å². The van der Waals surface area contributed by atoms with E-state index in [4.69, 9.17) is 4.74 Å². The van der Waals surface area contributed by atoms with Gasteiger partial charge >= 0.3 is 0 Å². The third kappa shape index (κ3) is 6.43. The number of carbonyl (C=O) groups is 1. The first-order valence-corrected chi connectivity index (χ1v) is 13.3. The Hall–Kier alpha value is -4.66. The Kier molecular flexibility index (Phi) is 8.16. The number of benzene rings is 5. The maximum atomic E-state index is 13.2. The van der Waals surface area contributed by atoms with Crippen molar-refractivity contribution in [1.29, 1.82) is 5.26 Å². The highest BCUT2D eigenvalue weighted by Crippen LogP contribution is 2.29. The van der Waals surface area contributed by atoms with Crippen LogP contribution >= 0.6 is 15.9 Å². The van der Waals surface area contributed by atoms with Crippen LogP contribution in [0.1, 0.15) is 22.3 Å². The van der Waals surface area contributed by atoms with Gasteiger partial charge in [0.25, 0.3) is 5.91 Å². The summed E-state index contributed by atoms with van der Waals surface area (Å²) in [6, 6.07) is 39.4. The van der Waals surface area contributed by atoms with Gasteiger partial charge in [-0.3, -0.25) is 4.79 Å². The molecule has 1 N–H and O–H groups in total. The molecule has 1 amide bonds. The first-order chi connectivity index (χ1) is 19.1. The maximum absolute atomic E-state index is 13.2. The summed E-state index contributed by atoms with van der Waals surface area (Å²) in [4.78, 5) is 13.2. The van der Waals surface area contributed by atoms with E-state index in [-0.39, 0.29) is 5.57 Å². The molecule has 0 aliphatic carbocycles. The monoisotopic (exact) mass is 572 g/mol. The van der Waals surface area contributed by atoms with Crippen molar-refractivity contribution >= 4 is 44.4 Å². The van der Waals surface area contributed by atoms with Crippen molar-refractivity contribution in [2.75, 3.05) is 5.32 Å². The molecule has 0 fully saturated rings. The van der Waals surface area contributed by atoms with Gasteiger partial charge in [-0.15, -0.1) is 0 Å². The molecule has 0 heterocycles. The lowest BCUT2D eigenvalue weighted by Crippen LogP contribution is -2.13. The Labute approximate surface area is 236 Å². The number of anilines is 1. The molecule has 190 valence electrons. The number of ether oxygens (including phenoxy) is 1. The molecule has 0 aliphatic heterocycles. The van der Waals surface area contributed by atoms with Gasteiger partial charge in [-0.2, -0.15) is 5.26 Å². The van der Waals surface area contributed by atoms with Gasteiger partial charge in [-0.05, 0) is 75.9 Å². The van der Waals surface area contributed by atoms with Crippen LogP contribution in [0.3, 0.4) is 0 Å². The zero-order valence-corrected chi connectivity index (χ0v) is 22.7. The molecule has 5 rings (SSSR count). The van der Waals surface area contributed by atoms with E-state index < -0.39 is 5.91 Å². The quantitative estimate of drug-likeness (QED) is 0.150. The Morgan fingerprint density at radius 3 is 2.31 bits per heavy atom. The first-order valence-electron chi connectivity index (χ1n) is 12.5. The zero-order valence-electron chi connectivity index (χ0n) is 21.1. The van der Waals surface area contributed by atoms with E-state index in [1.165, 1.54) is 0 Å². The molecule has 0 bridgehead atoms. The van der Waals surface area contributed by atoms with Gasteiger partial charge in [-0.1, -0.05) is 101 Å². The number of hydrogen-bond acceptors (Lipinski definition) is 3. The van der Waals surface area contributed by atoms with E-state index in [1.807, 2.05) is 72.8 Å². The summed E-state index contributed by atoms with van der Waals surface area (Å²) >= 11 is 3.64. The molecule has 4 nitrogen and oxygen atoms in total. The topological polar surface area (TPSA) is 62.1 Å². The van der Waals surface area contributed by atoms with Crippen LogP contribution in [0.5, 0.6) is 5.75 Å². The minimum atomic E-state index is -0.463. The number of rotatable bonds is 8. The zero-order chi connectivity index (χ0) is 27.0. The number of carbonyl (C=O) groups excluding carboxylic acids is 1. The summed E-state index contributed by atoms with van der Waals surface area (Å²) in [5.41, 5.74) is 4.70. The average Bonchev–Trinajstić information content (AvgIpc) is 2.98. The fourth-order valence-corrected chi connectivity index (χ4v) is 4.80. The lowest BCUT2D eigenvalue weighted by Gasteiger charge is -2.13. The summed E-state index contributed by atoms with van der Waals surface area (Å²) < 4.78 is 6.85. The molecule has 0 spiro atoms. The molecule has 0 saturated carbocycles. The molecule has 0 radical (unpaired) electrons. The second-order valence-electron chi connectivity index (χ2n) is 9.05. The molecule has 5 heteroatoms. The molecule has 0 saturated heterocycles. The predicted octanol–water partition coefficient (Wildman–Crippen LogP) is 8.32. The van der Waals surface area contributed by atoms with Crippen LogP contribution in [0, 0.1) is 11.3 Å². The normalized spacial score (nSPS) is 11.1. The lowest BCUT2D eigenvalue weighted by atomic mass is 9.93. The van der Waals surface area contributed by atoms with Gasteiger partial charge in [0.15, 0.2) is 0 Å². The second kappa shape index (κ2) is 12.3. The summed E-state index contributed by atoms with van der Waals surface area (Å²) in [6.07, 6.45) is 2.35. The summed E-state index contributed by atoms with van der Waals surface area (Å²) in [5.74, 6) is 0.232. The van der Waals surface area contributed by atoms with E-state index in [1.54, 1.807) is 30.3 Å². The Morgan fingerprint density at radius 1 is 0.821 bits per heavy atom. The average molecular weight is 573 g/mol. The Bertz CT molecular complexity index is 1690. The van der Waals surface area contributed by atoms with Gasteiger partial charge in [-0.25, -0.2) is 0 Å². The van der Waals surface area contributed by atoms with Crippen LogP contribution in [0.15, 0.2) is 125 Å². The van der Waals surface area contributed by atoms with E-state index >= 15 is 0 Å². The summed E-state index contributed by atoms with van der Waals surface area (Å²) in [7, 11) is 0. The molecule has 0 aromatic heterocycles. The fraction of sp³-hybridized carbons (Fsp3) is 0.0588. The Morgan fingerprint density at radius 2 is 1.54 bits per heavy atom. The fourth-order valence-electron chi connectivity index (χ4n) is 4.38. The number of amides is 1. The largest absolute Gasteiger partial charge is 0.489 e. The molecule has 39 heavy (non-hydrogen) atoms. The van der Waals surface area contributed by atoms with E-state index in [9.17, 15) is 10.1 Å². The van der Waals surface area contributed by atoms with Gasteiger partial charge < -0.3 is 10.1 Å². The lowest BCUT2D eigenvalue weighted by molar-refractivity contribution is -0.112. The van der Waals surface area contributed by atoms with Crippen molar-refractivity contribution in [2.24, 2.45) is 0 Å². The highest BCUT2D eigenvalue weighted by Gasteiger charge is 2.14. The van der Waals surface area contributed by atoms with Gasteiger partial charge in [0.05, 0.1) is 0 Å². The van der Waals surface area contributed by atoms with E-state index in [0.29, 0.717) is 24.5 Å². The highest BCUT2D eigenvalue weighted by atomic mass is 79.9. The van der Waals surface area contributed by atoms with Gasteiger partial charge in [0.1, 0.15) is 24.0 Å². The van der Waals surface area contributed by atoms with Crippen molar-refractivity contribution in [2.45, 2.75) is 13.0 Å². The van der Waals surface area contributed by atoms with Gasteiger partial charge in [0.2, 0.25) is 0 Å². The van der Waals surface area contributed by atoms with Crippen LogP contribution < -0.4 is 10.1 Å². The highest BCUT2D eigenvalue weighted by molar-refractivity contribution is 9.10. The number of halogens is 1. The van der Waals surface area contributed by atoms with Crippen LogP contribution in [0.4, 0.5) is 5.69 Å². The van der Waals surface area contributed by atoms with E-state index in [0.717, 1.165) is 37.5 Å². The van der Waals surface area contributed by atoms with Crippen LogP contribution in [0.2, 0.25) is 0 Å². The molecule has 5 aromatic rings. The molecule has 0 aliphatic rings. The van der Waals surface area contributed by atoms with Crippen molar-refractivity contribution in [3.8, 4) is 11.8 Å². The molecule has 0 atom stereocenters. The number of hydrogen-bond donors (Lipinski definition) is 1. The molecule has 5 aromatic carbocycles. The minimum absolute atomic E-state index is 0.0316. The molecular weight excluding hydrogens is 548 g/mol. The number of nitrogens with one attached hydrogen (secondary N) is 1. The SMILES string of the molecule is N#C/C(=C\c1c(Cc2ccccc2Br)ccc2ccccc12)C(=O)Nc1ccc(OCc2ccccc2)cc1. The first kappa shape index (κ1) is 26.0. The third-order valence-electron chi connectivity index (χ3n) is 6.41. The van der Waals surface area contributed by atoms with Crippen molar-refractivity contribution in [1.82, 2.24) is 0 Å². The second-order valence-corrected chi connectivity index (χ2v) is 9.90. The Balaban J connectivity index is 1.38. The third-order valence-corrected chi connectivity index (χ3v) is 7.19. The predicted molar refractivity (Wildman–Crippen MR) is 160 cm³/mol. The van der Waals surface area contributed by atoms with E-state index in [2.05, 4.69) is 45.5 Å². The van der Waals surface area contributed by atoms with Crippen LogP contribution in [-0.4, -0.2) is 5.91 Å². The number of nitriles is 1. The van der Waals surface area contributed by atoms with Crippen LogP contribution in [-0.2, 0) is 17.8 Å². The van der Waals surface area contributed by atoms with Crippen LogP contribution in [0.25, 0.3) is 16.8 Å². The standard InChI is InChI=1S/C34H25BrN2O2/c35-33-13-7-5-11-27(33)20-26-15-14-25-10-4-6-12-31(25)32(26)21-28(22-36)34(38)37-29-16-18-30(19-17-29)39-23-24-8-2-1-3-9-24/h1-19,21H,20,23H2,(H,37,38)/b28-21+. The smallest absolute Gasteiger partial charge is 0.266 e. The summed E-state index contributed by atoms with van der Waals surface area (Å²) in [6.45, 7) is 0.459. The van der Waals surface area contributed by atoms with Crippen molar-refractivity contribution in [3.63, 3.8) is 0 Å². The molecule has 0 unspecified atom stereocenters. The number of nitrogens with zero attached hydrogens (tertiary/aromatic N) is 1. The maximum Gasteiger partial charge on any atom is 0.266 e. The van der Waals surface area contributed by atoms with Gasteiger partial charge in [0, 0.05) is 10.2 Å². The molecular formula is C34H25BrN2O2.